The molecule has 0 amide bonds. The Bertz CT molecular complexity index is 518. The van der Waals surface area contributed by atoms with Crippen molar-refractivity contribution in [1.29, 1.82) is 0 Å². The van der Waals surface area contributed by atoms with E-state index in [1.165, 1.54) is 14.0 Å². The van der Waals surface area contributed by atoms with Crippen LogP contribution in [0.1, 0.15) is 60.3 Å². The molecular formula is C18H28O5. The molecule has 2 atom stereocenters. The van der Waals surface area contributed by atoms with Crippen molar-refractivity contribution in [1.82, 2.24) is 0 Å². The second-order valence-electron chi connectivity index (χ2n) is 7.20. The van der Waals surface area contributed by atoms with Gasteiger partial charge in [-0.15, -0.1) is 0 Å². The fourth-order valence-electron chi connectivity index (χ4n) is 3.49. The van der Waals surface area contributed by atoms with Gasteiger partial charge in [0.1, 0.15) is 5.60 Å². The van der Waals surface area contributed by atoms with Gasteiger partial charge in [0, 0.05) is 25.2 Å². The summed E-state index contributed by atoms with van der Waals surface area (Å²) in [6, 6.07) is 0. The largest absolute Gasteiger partial charge is 0.469 e. The highest BCUT2D eigenvalue weighted by atomic mass is 16.6. The molecule has 1 rings (SSSR count). The van der Waals surface area contributed by atoms with Crippen LogP contribution in [0.15, 0.2) is 11.6 Å². The Morgan fingerprint density at radius 1 is 1.35 bits per heavy atom. The SMILES string of the molecule is COC(=O)CC(C)CC[C@@]1(OC(C)=O)C(C)=CC(=O)CC1(C)C. The lowest BCUT2D eigenvalue weighted by molar-refractivity contribution is -0.170. The highest BCUT2D eigenvalue weighted by Gasteiger charge is 2.52. The molecule has 5 nitrogen and oxygen atoms in total. The van der Waals surface area contributed by atoms with Crippen LogP contribution in [-0.2, 0) is 23.9 Å². The Morgan fingerprint density at radius 2 is 1.96 bits per heavy atom. The normalized spacial score (nSPS) is 24.6. The van der Waals surface area contributed by atoms with Crippen LogP contribution < -0.4 is 0 Å². The molecule has 0 aromatic heterocycles. The van der Waals surface area contributed by atoms with Gasteiger partial charge in [0.15, 0.2) is 5.78 Å². The van der Waals surface area contributed by atoms with Crippen molar-refractivity contribution >= 4 is 17.7 Å². The molecule has 5 heteroatoms. The summed E-state index contributed by atoms with van der Waals surface area (Å²) in [5, 5.41) is 0. The number of allylic oxidation sites excluding steroid dienone is 1. The Hall–Kier alpha value is -1.65. The zero-order valence-corrected chi connectivity index (χ0v) is 15.0. The Labute approximate surface area is 138 Å². The number of hydrogen-bond donors (Lipinski definition) is 0. The molecular weight excluding hydrogens is 296 g/mol. The molecule has 0 saturated carbocycles. The van der Waals surface area contributed by atoms with Crippen LogP contribution in [0.25, 0.3) is 0 Å². The average molecular weight is 324 g/mol. The van der Waals surface area contributed by atoms with Crippen molar-refractivity contribution in [3.8, 4) is 0 Å². The van der Waals surface area contributed by atoms with E-state index in [9.17, 15) is 14.4 Å². The van der Waals surface area contributed by atoms with E-state index in [2.05, 4.69) is 0 Å². The van der Waals surface area contributed by atoms with Gasteiger partial charge in [-0.2, -0.15) is 0 Å². The number of ether oxygens (including phenoxy) is 2. The molecule has 0 aromatic rings. The number of methoxy groups -OCH3 is 1. The van der Waals surface area contributed by atoms with Gasteiger partial charge in [-0.3, -0.25) is 14.4 Å². The molecule has 0 aliphatic heterocycles. The maximum absolute atomic E-state index is 11.9. The maximum Gasteiger partial charge on any atom is 0.305 e. The first kappa shape index (κ1) is 19.4. The first-order valence-electron chi connectivity index (χ1n) is 8.02. The number of ketones is 1. The molecule has 1 unspecified atom stereocenters. The van der Waals surface area contributed by atoms with Gasteiger partial charge in [0.2, 0.25) is 0 Å². The number of rotatable bonds is 6. The van der Waals surface area contributed by atoms with Gasteiger partial charge in [0.25, 0.3) is 0 Å². The molecule has 0 spiro atoms. The summed E-state index contributed by atoms with van der Waals surface area (Å²) in [5.41, 5.74) is -0.518. The highest BCUT2D eigenvalue weighted by Crippen LogP contribution is 2.49. The zero-order valence-electron chi connectivity index (χ0n) is 15.0. The number of carbonyl (C=O) groups is 3. The van der Waals surface area contributed by atoms with Gasteiger partial charge in [-0.1, -0.05) is 20.8 Å². The second kappa shape index (κ2) is 7.28. The molecule has 1 aliphatic carbocycles. The van der Waals surface area contributed by atoms with E-state index in [1.807, 2.05) is 27.7 Å². The van der Waals surface area contributed by atoms with Gasteiger partial charge < -0.3 is 9.47 Å². The molecule has 0 N–H and O–H groups in total. The molecule has 0 radical (unpaired) electrons. The van der Waals surface area contributed by atoms with Crippen molar-refractivity contribution in [2.75, 3.05) is 7.11 Å². The van der Waals surface area contributed by atoms with Gasteiger partial charge in [0.05, 0.1) is 7.11 Å². The van der Waals surface area contributed by atoms with E-state index in [1.54, 1.807) is 6.08 Å². The highest BCUT2D eigenvalue weighted by molar-refractivity contribution is 5.92. The lowest BCUT2D eigenvalue weighted by Crippen LogP contribution is -2.52. The molecule has 1 aliphatic rings. The van der Waals surface area contributed by atoms with Gasteiger partial charge >= 0.3 is 11.9 Å². The molecule has 23 heavy (non-hydrogen) atoms. The third-order valence-electron chi connectivity index (χ3n) is 4.77. The Balaban J connectivity index is 3.03. The third kappa shape index (κ3) is 4.43. The number of esters is 2. The van der Waals surface area contributed by atoms with Crippen LogP contribution in [0.3, 0.4) is 0 Å². The van der Waals surface area contributed by atoms with E-state index >= 15 is 0 Å². The molecule has 130 valence electrons. The van der Waals surface area contributed by atoms with Crippen molar-refractivity contribution < 1.29 is 23.9 Å². The summed E-state index contributed by atoms with van der Waals surface area (Å²) in [4.78, 5) is 35.0. The topological polar surface area (TPSA) is 69.7 Å². The smallest absolute Gasteiger partial charge is 0.305 e. The number of hydrogen-bond acceptors (Lipinski definition) is 5. The molecule has 0 aromatic carbocycles. The van der Waals surface area contributed by atoms with Crippen molar-refractivity contribution in [2.45, 2.75) is 65.9 Å². The van der Waals surface area contributed by atoms with Crippen molar-refractivity contribution in [2.24, 2.45) is 11.3 Å². The number of carbonyl (C=O) groups excluding carboxylic acids is 3. The van der Waals surface area contributed by atoms with Crippen LogP contribution in [0, 0.1) is 11.3 Å². The summed E-state index contributed by atoms with van der Waals surface area (Å²) >= 11 is 0. The maximum atomic E-state index is 11.9. The first-order valence-corrected chi connectivity index (χ1v) is 8.02. The summed E-state index contributed by atoms with van der Waals surface area (Å²) in [7, 11) is 1.37. The fraction of sp³-hybridized carbons (Fsp3) is 0.722. The summed E-state index contributed by atoms with van der Waals surface area (Å²) < 4.78 is 10.5. The van der Waals surface area contributed by atoms with E-state index in [0.29, 0.717) is 25.7 Å². The summed E-state index contributed by atoms with van der Waals surface area (Å²) in [5.74, 6) is -0.445. The third-order valence-corrected chi connectivity index (χ3v) is 4.77. The zero-order chi connectivity index (χ0) is 17.8. The van der Waals surface area contributed by atoms with Gasteiger partial charge in [-0.05, 0) is 37.3 Å². The van der Waals surface area contributed by atoms with E-state index in [4.69, 9.17) is 9.47 Å². The summed E-state index contributed by atoms with van der Waals surface area (Å²) in [6.07, 6.45) is 3.52. The minimum Gasteiger partial charge on any atom is -0.469 e. The molecule has 0 fully saturated rings. The van der Waals surface area contributed by atoms with Gasteiger partial charge in [-0.25, -0.2) is 0 Å². The van der Waals surface area contributed by atoms with E-state index in [0.717, 1.165) is 5.57 Å². The van der Waals surface area contributed by atoms with Crippen LogP contribution in [0.5, 0.6) is 0 Å². The lowest BCUT2D eigenvalue weighted by Gasteiger charge is -2.49. The monoisotopic (exact) mass is 324 g/mol. The quantitative estimate of drug-likeness (QED) is 0.702. The summed E-state index contributed by atoms with van der Waals surface area (Å²) in [6.45, 7) is 9.11. The first-order chi connectivity index (χ1) is 10.5. The van der Waals surface area contributed by atoms with Crippen LogP contribution >= 0.6 is 0 Å². The standard InChI is InChI=1S/C18H28O5/c1-12(9-16(21)22-6)7-8-18(23-14(3)19)13(2)10-15(20)11-17(18,4)5/h10,12H,7-9,11H2,1-6H3/t12?,18-/m1/s1. The molecule has 0 bridgehead atoms. The molecule has 0 heterocycles. The van der Waals surface area contributed by atoms with Crippen LogP contribution in [-0.4, -0.2) is 30.4 Å². The van der Waals surface area contributed by atoms with E-state index < -0.39 is 11.0 Å². The van der Waals surface area contributed by atoms with E-state index in [-0.39, 0.29) is 23.6 Å². The molecule has 0 saturated heterocycles. The Kier molecular flexibility index (Phi) is 6.14. The average Bonchev–Trinajstić information content (AvgIpc) is 2.40. The Morgan fingerprint density at radius 3 is 2.43 bits per heavy atom. The second-order valence-corrected chi connectivity index (χ2v) is 7.20. The van der Waals surface area contributed by atoms with Crippen LogP contribution in [0.4, 0.5) is 0 Å². The fourth-order valence-corrected chi connectivity index (χ4v) is 3.49. The van der Waals surface area contributed by atoms with Crippen LogP contribution in [0.2, 0.25) is 0 Å². The lowest BCUT2D eigenvalue weighted by atomic mass is 9.62. The minimum absolute atomic E-state index is 0.0536. The predicted octanol–water partition coefficient (Wildman–Crippen LogP) is 3.21. The van der Waals surface area contributed by atoms with Crippen molar-refractivity contribution in [3.63, 3.8) is 0 Å². The van der Waals surface area contributed by atoms with Crippen molar-refractivity contribution in [3.05, 3.63) is 11.6 Å². The predicted molar refractivity (Wildman–Crippen MR) is 86.7 cm³/mol. The minimum atomic E-state index is -0.808.